The Labute approximate surface area is 356 Å². The molecular weight excluding hydrogens is 723 g/mol. The summed E-state index contributed by atoms with van der Waals surface area (Å²) in [6.07, 6.45) is 0. The highest BCUT2D eigenvalue weighted by Crippen LogP contribution is 2.49. The zero-order valence-electron chi connectivity index (χ0n) is 33.7. The lowest BCUT2D eigenvalue weighted by molar-refractivity contribution is 0.487. The Morgan fingerprint density at radius 1 is 0.533 bits per heavy atom. The van der Waals surface area contributed by atoms with Crippen LogP contribution in [0.4, 0.5) is 17.1 Å². The number of para-hydroxylation sites is 3. The molecule has 60 heavy (non-hydrogen) atoms. The fourth-order valence-electron chi connectivity index (χ4n) is 9.59. The monoisotopic (exact) mass is 758 g/mol. The quantitative estimate of drug-likeness (QED) is 0.180. The van der Waals surface area contributed by atoms with Gasteiger partial charge < -0.3 is 14.2 Å². The maximum atomic E-state index is 7.05. The summed E-state index contributed by atoms with van der Waals surface area (Å²) in [7, 11) is 27.3. The summed E-state index contributed by atoms with van der Waals surface area (Å²) >= 11 is 0. The minimum absolute atomic E-state index is 0.0887. The van der Waals surface area contributed by atoms with Gasteiger partial charge in [-0.05, 0) is 74.2 Å². The predicted molar refractivity (Wildman–Crippen MR) is 258 cm³/mol. The molecule has 0 unspecified atom stereocenters. The number of anilines is 3. The molecule has 0 fully saturated rings. The number of ether oxygens (including phenoxy) is 1. The molecule has 11 rings (SSSR count). The molecule has 8 aromatic carbocycles. The molecule has 0 spiro atoms. The fraction of sp³-hybridized carbons (Fsp3) is 0.0769. The number of fused-ring (bicyclic) bond motifs is 7. The highest BCUT2D eigenvalue weighted by atomic mass is 16.5. The van der Waals surface area contributed by atoms with E-state index in [-0.39, 0.29) is 23.1 Å². The Morgan fingerprint density at radius 3 is 1.83 bits per heavy atom. The standard InChI is InChI=1S/C52H35B5N2O/c1-52(2,3)32-25-26-39-36(27-32)44-45(53)46(54)47(55)48(56)51(44)58(39)33-28-41-49-43(29-33)60-42-24-13-11-22-38(42)57(49)37-21-10-12-23-40(37)59(41)50-34(30-15-6-4-7-16-30)19-14-20-35(50)31-17-8-5-9-18-31/h4-29H,1-3H3. The van der Waals surface area contributed by atoms with E-state index >= 15 is 0 Å². The molecule has 274 valence electrons. The summed E-state index contributed by atoms with van der Waals surface area (Å²) in [6.45, 7) is 6.54. The molecule has 2 aliphatic heterocycles. The van der Waals surface area contributed by atoms with Crippen LogP contribution in [0.25, 0.3) is 49.7 Å². The van der Waals surface area contributed by atoms with E-state index in [9.17, 15) is 0 Å². The molecule has 0 N–H and O–H groups in total. The molecule has 0 bridgehead atoms. The van der Waals surface area contributed by atoms with Crippen molar-refractivity contribution < 1.29 is 4.74 Å². The molecule has 9 aromatic rings. The van der Waals surface area contributed by atoms with Gasteiger partial charge in [-0.25, -0.2) is 0 Å². The van der Waals surface area contributed by atoms with Gasteiger partial charge in [0.25, 0.3) is 6.71 Å². The molecule has 0 amide bonds. The van der Waals surface area contributed by atoms with Crippen LogP contribution in [0.5, 0.6) is 11.5 Å². The number of hydrogen-bond acceptors (Lipinski definition) is 2. The largest absolute Gasteiger partial charge is 0.458 e. The SMILES string of the molecule is [B]c1c([B])c([B])c2c(c1[B])c1cc(C(C)(C)C)ccc1n2-c1cc2c3c(c1)N(c1c(-c4ccccc4)cccc1-c1ccccc1)c1ccccc1B3c1ccccc1O2. The molecule has 0 saturated heterocycles. The second-order valence-electron chi connectivity index (χ2n) is 17.0. The normalized spacial score (nSPS) is 12.9. The number of aromatic nitrogens is 1. The van der Waals surface area contributed by atoms with Crippen molar-refractivity contribution >= 4 is 115 Å². The number of rotatable bonds is 4. The molecule has 8 heteroatoms. The summed E-state index contributed by atoms with van der Waals surface area (Å²) in [5.74, 6) is 1.59. The maximum Gasteiger partial charge on any atom is 0.256 e. The predicted octanol–water partition coefficient (Wildman–Crippen LogP) is 7.00. The van der Waals surface area contributed by atoms with Gasteiger partial charge in [0.15, 0.2) is 0 Å². The van der Waals surface area contributed by atoms with Crippen LogP contribution >= 0.6 is 0 Å². The lowest BCUT2D eigenvalue weighted by atomic mass is 9.34. The van der Waals surface area contributed by atoms with E-state index in [1.54, 1.807) is 0 Å². The zero-order chi connectivity index (χ0) is 41.0. The Bertz CT molecular complexity index is 3170. The maximum absolute atomic E-state index is 7.05. The van der Waals surface area contributed by atoms with Crippen molar-refractivity contribution in [1.82, 2.24) is 4.57 Å². The molecule has 0 aliphatic carbocycles. The van der Waals surface area contributed by atoms with Crippen molar-refractivity contribution in [2.75, 3.05) is 4.90 Å². The minimum atomic E-state index is -0.120. The van der Waals surface area contributed by atoms with Gasteiger partial charge in [-0.2, -0.15) is 0 Å². The lowest BCUT2D eigenvalue weighted by Gasteiger charge is -2.41. The number of nitrogens with zero attached hydrogens (tertiary/aromatic N) is 2. The second kappa shape index (κ2) is 13.5. The zero-order valence-corrected chi connectivity index (χ0v) is 33.7. The summed E-state index contributed by atoms with van der Waals surface area (Å²) in [6, 6.07) is 56.1. The van der Waals surface area contributed by atoms with Crippen LogP contribution in [0, 0.1) is 0 Å². The van der Waals surface area contributed by atoms with Crippen molar-refractivity contribution in [2.45, 2.75) is 26.2 Å². The van der Waals surface area contributed by atoms with Crippen molar-refractivity contribution in [2.24, 2.45) is 0 Å². The Kier molecular flexibility index (Phi) is 8.23. The van der Waals surface area contributed by atoms with Crippen LogP contribution in [-0.2, 0) is 5.41 Å². The van der Waals surface area contributed by atoms with E-state index in [4.69, 9.17) is 36.1 Å². The first-order valence-corrected chi connectivity index (χ1v) is 20.4. The van der Waals surface area contributed by atoms with Gasteiger partial charge in [0.1, 0.15) is 42.9 Å². The highest BCUT2D eigenvalue weighted by molar-refractivity contribution is 6.99. The molecule has 1 aromatic heterocycles. The summed E-state index contributed by atoms with van der Waals surface area (Å²) in [4.78, 5) is 2.45. The van der Waals surface area contributed by atoms with Gasteiger partial charge in [0.2, 0.25) is 0 Å². The molecule has 8 radical (unpaired) electrons. The first kappa shape index (κ1) is 36.6. The van der Waals surface area contributed by atoms with Gasteiger partial charge in [0.05, 0.1) is 16.9 Å². The third kappa shape index (κ3) is 5.36. The Morgan fingerprint density at radius 2 is 1.15 bits per heavy atom. The van der Waals surface area contributed by atoms with Crippen LogP contribution in [0.3, 0.4) is 0 Å². The van der Waals surface area contributed by atoms with Crippen LogP contribution < -0.4 is 47.9 Å². The second-order valence-corrected chi connectivity index (χ2v) is 17.0. The molecule has 2 aliphatic rings. The van der Waals surface area contributed by atoms with Crippen LogP contribution in [0.1, 0.15) is 26.3 Å². The molecular formula is C52H35B5N2O. The first-order valence-electron chi connectivity index (χ1n) is 20.4. The van der Waals surface area contributed by atoms with E-state index in [0.717, 1.165) is 83.7 Å². The van der Waals surface area contributed by atoms with E-state index in [2.05, 4.69) is 182 Å². The van der Waals surface area contributed by atoms with Crippen LogP contribution in [0.15, 0.2) is 158 Å². The van der Waals surface area contributed by atoms with Gasteiger partial charge in [0, 0.05) is 39.5 Å². The van der Waals surface area contributed by atoms with E-state index in [0.29, 0.717) is 16.4 Å². The van der Waals surface area contributed by atoms with Gasteiger partial charge in [-0.1, -0.05) is 153 Å². The first-order chi connectivity index (χ1) is 29.1. The lowest BCUT2D eigenvalue weighted by Crippen LogP contribution is -2.59. The fourth-order valence-corrected chi connectivity index (χ4v) is 9.59. The molecule has 3 heterocycles. The van der Waals surface area contributed by atoms with Crippen LogP contribution in [-0.4, -0.2) is 42.7 Å². The van der Waals surface area contributed by atoms with E-state index in [1.807, 2.05) is 6.07 Å². The Balaban J connectivity index is 1.30. The van der Waals surface area contributed by atoms with Gasteiger partial charge in [-0.3, -0.25) is 0 Å². The summed E-state index contributed by atoms with van der Waals surface area (Å²) < 4.78 is 9.22. The molecule has 3 nitrogen and oxygen atoms in total. The molecule has 0 saturated carbocycles. The van der Waals surface area contributed by atoms with E-state index < -0.39 is 0 Å². The highest BCUT2D eigenvalue weighted by Gasteiger charge is 2.43. The summed E-state index contributed by atoms with van der Waals surface area (Å²) in [5.41, 5.74) is 15.9. The average molecular weight is 758 g/mol. The topological polar surface area (TPSA) is 17.4 Å². The van der Waals surface area contributed by atoms with Crippen molar-refractivity contribution in [3.8, 4) is 39.4 Å². The Hall–Kier alpha value is -6.52. The van der Waals surface area contributed by atoms with Crippen molar-refractivity contribution in [1.29, 1.82) is 0 Å². The summed E-state index contributed by atoms with van der Waals surface area (Å²) in [5, 5.41) is 1.73. The van der Waals surface area contributed by atoms with Crippen molar-refractivity contribution in [3.05, 3.63) is 163 Å². The third-order valence-corrected chi connectivity index (χ3v) is 12.5. The third-order valence-electron chi connectivity index (χ3n) is 12.5. The smallest absolute Gasteiger partial charge is 0.256 e. The van der Waals surface area contributed by atoms with Crippen LogP contribution in [0.2, 0.25) is 0 Å². The van der Waals surface area contributed by atoms with Gasteiger partial charge >= 0.3 is 0 Å². The number of hydrogen-bond donors (Lipinski definition) is 0. The minimum Gasteiger partial charge on any atom is -0.458 e. The van der Waals surface area contributed by atoms with Crippen molar-refractivity contribution in [3.63, 3.8) is 0 Å². The van der Waals surface area contributed by atoms with Gasteiger partial charge in [-0.15, -0.1) is 10.9 Å². The average Bonchev–Trinajstić information content (AvgIpc) is 3.62. The van der Waals surface area contributed by atoms with E-state index in [1.165, 1.54) is 11.0 Å². The molecule has 0 atom stereocenters. The number of benzene rings is 8.